The van der Waals surface area contributed by atoms with E-state index in [1.165, 1.54) is 37.3 Å². The number of nitrogens with zero attached hydrogens (tertiary/aromatic N) is 1. The van der Waals surface area contributed by atoms with Crippen molar-refractivity contribution in [1.82, 2.24) is 9.62 Å². The number of amides is 1. The highest BCUT2D eigenvalue weighted by Gasteiger charge is 2.64. The minimum Gasteiger partial charge on any atom is -0.332 e. The van der Waals surface area contributed by atoms with Crippen LogP contribution >= 0.6 is 0 Å². The number of benzene rings is 2. The van der Waals surface area contributed by atoms with Crippen molar-refractivity contribution in [3.05, 3.63) is 59.7 Å². The summed E-state index contributed by atoms with van der Waals surface area (Å²) in [5, 5.41) is 0. The second-order valence-corrected chi connectivity index (χ2v) is 10.2. The molecule has 32 heavy (non-hydrogen) atoms. The van der Waals surface area contributed by atoms with Crippen molar-refractivity contribution in [2.24, 2.45) is 5.92 Å². The first-order valence-corrected chi connectivity index (χ1v) is 11.9. The molecule has 4 atom stereocenters. The number of alkyl halides is 2. The monoisotopic (exact) mass is 470 g/mol. The van der Waals surface area contributed by atoms with Gasteiger partial charge in [0.25, 0.3) is 0 Å². The number of nitrogens with one attached hydrogen (secondary N) is 1. The molecular formula is C22H22F4N2O3S. The van der Waals surface area contributed by atoms with Crippen molar-refractivity contribution < 1.29 is 30.8 Å². The zero-order chi connectivity index (χ0) is 23.3. The van der Waals surface area contributed by atoms with Gasteiger partial charge in [-0.2, -0.15) is 0 Å². The molecule has 0 unspecified atom stereocenters. The van der Waals surface area contributed by atoms with Crippen LogP contribution in [0.25, 0.3) is 11.1 Å². The van der Waals surface area contributed by atoms with Gasteiger partial charge in [-0.1, -0.05) is 30.3 Å². The fourth-order valence-corrected chi connectivity index (χ4v) is 4.77. The maximum Gasteiger partial charge on any atom is 0.229 e. The van der Waals surface area contributed by atoms with Crippen molar-refractivity contribution in [3.63, 3.8) is 0 Å². The number of sulfonamides is 1. The van der Waals surface area contributed by atoms with Crippen molar-refractivity contribution >= 4 is 15.9 Å². The van der Waals surface area contributed by atoms with Gasteiger partial charge in [0.1, 0.15) is 23.5 Å². The molecule has 2 aromatic carbocycles. The summed E-state index contributed by atoms with van der Waals surface area (Å²) in [5.74, 6) is -3.68. The Labute approximate surface area is 183 Å². The lowest BCUT2D eigenvalue weighted by Gasteiger charge is -2.44. The van der Waals surface area contributed by atoms with Gasteiger partial charge in [-0.25, -0.2) is 30.7 Å². The lowest BCUT2D eigenvalue weighted by molar-refractivity contribution is -0.147. The van der Waals surface area contributed by atoms with Crippen molar-refractivity contribution in [3.8, 4) is 11.1 Å². The van der Waals surface area contributed by atoms with E-state index in [2.05, 4.69) is 4.72 Å². The Morgan fingerprint density at radius 1 is 1.16 bits per heavy atom. The number of carbonyl (C=O) groups excluding carboxylic acids is 1. The molecular weight excluding hydrogens is 448 g/mol. The van der Waals surface area contributed by atoms with Gasteiger partial charge in [0.05, 0.1) is 29.8 Å². The van der Waals surface area contributed by atoms with Gasteiger partial charge in [-0.15, -0.1) is 0 Å². The van der Waals surface area contributed by atoms with Gasteiger partial charge in [-0.05, 0) is 30.2 Å². The summed E-state index contributed by atoms with van der Waals surface area (Å²) in [6, 6.07) is 8.13. The fourth-order valence-electron chi connectivity index (χ4n) is 4.15. The predicted octanol–water partition coefficient (Wildman–Crippen LogP) is 3.30. The zero-order valence-electron chi connectivity index (χ0n) is 17.2. The molecule has 1 amide bonds. The summed E-state index contributed by atoms with van der Waals surface area (Å²) in [6.45, 7) is 0.871. The van der Waals surface area contributed by atoms with Gasteiger partial charge in [0.15, 0.2) is 0 Å². The first kappa shape index (κ1) is 22.7. The van der Waals surface area contributed by atoms with Crippen LogP contribution in [0.1, 0.15) is 18.9 Å². The van der Waals surface area contributed by atoms with Crippen LogP contribution in [0.4, 0.5) is 17.6 Å². The highest BCUT2D eigenvalue weighted by molar-refractivity contribution is 7.89. The molecule has 5 nitrogen and oxygen atoms in total. The molecule has 1 heterocycles. The van der Waals surface area contributed by atoms with E-state index in [0.717, 1.165) is 17.0 Å². The second-order valence-electron chi connectivity index (χ2n) is 8.09. The van der Waals surface area contributed by atoms with Crippen LogP contribution in [0.15, 0.2) is 42.5 Å². The Morgan fingerprint density at radius 3 is 2.44 bits per heavy atom. The third-order valence-electron chi connectivity index (χ3n) is 6.16. The van der Waals surface area contributed by atoms with Crippen LogP contribution in [-0.4, -0.2) is 50.3 Å². The molecule has 1 saturated carbocycles. The van der Waals surface area contributed by atoms with Crippen LogP contribution in [-0.2, 0) is 20.5 Å². The number of halogens is 4. The van der Waals surface area contributed by atoms with E-state index in [1.807, 2.05) is 0 Å². The highest BCUT2D eigenvalue weighted by Crippen LogP contribution is 2.59. The van der Waals surface area contributed by atoms with Gasteiger partial charge in [0, 0.05) is 13.0 Å². The quantitative estimate of drug-likeness (QED) is 0.632. The van der Waals surface area contributed by atoms with Gasteiger partial charge < -0.3 is 4.90 Å². The fraction of sp³-hybridized carbons (Fsp3) is 0.409. The molecule has 172 valence electrons. The lowest BCUT2D eigenvalue weighted by atomic mass is 9.93. The Morgan fingerprint density at radius 2 is 1.81 bits per heavy atom. The van der Waals surface area contributed by atoms with Crippen molar-refractivity contribution in [1.29, 1.82) is 0 Å². The molecule has 2 aromatic rings. The largest absolute Gasteiger partial charge is 0.332 e. The summed E-state index contributed by atoms with van der Waals surface area (Å²) < 4.78 is 84.1. The molecule has 1 N–H and O–H groups in total. The Hall–Kier alpha value is -2.46. The van der Waals surface area contributed by atoms with Crippen LogP contribution in [0.5, 0.6) is 0 Å². The Balaban J connectivity index is 1.56. The molecule has 1 aliphatic heterocycles. The summed E-state index contributed by atoms with van der Waals surface area (Å²) in [7, 11) is -3.58. The normalized spacial score (nSPS) is 27.2. The third-order valence-corrected chi connectivity index (χ3v) is 7.53. The van der Waals surface area contributed by atoms with Crippen LogP contribution in [0, 0.1) is 17.6 Å². The van der Waals surface area contributed by atoms with Crippen LogP contribution in [0.3, 0.4) is 0 Å². The molecule has 1 aliphatic carbocycles. The molecule has 10 heteroatoms. The van der Waals surface area contributed by atoms with Crippen LogP contribution < -0.4 is 4.72 Å². The molecule has 0 aromatic heterocycles. The number of carbonyl (C=O) groups is 1. The molecule has 0 spiro atoms. The topological polar surface area (TPSA) is 66.5 Å². The van der Waals surface area contributed by atoms with E-state index in [9.17, 15) is 26.4 Å². The number of hydrogen-bond donors (Lipinski definition) is 1. The number of likely N-dealkylation sites (tertiary alicyclic amines) is 1. The standard InChI is InChI=1S/C22H22F4N2O3S/c1-2-32(30,31)27-11-19-18(25)12-28(19)21(29)15-10-22(15,26)14-7-4-3-6-13(14)20-16(23)8-5-9-17(20)24/h3-9,15,18-19,27H,2,10-12H2,1H3/t15-,18+,19+,22+/m0/s1. The number of hydrogen-bond acceptors (Lipinski definition) is 3. The Kier molecular flexibility index (Phi) is 5.79. The van der Waals surface area contributed by atoms with E-state index in [-0.39, 0.29) is 42.0 Å². The van der Waals surface area contributed by atoms with E-state index in [0.29, 0.717) is 0 Å². The average molecular weight is 470 g/mol. The molecule has 0 bridgehead atoms. The molecule has 2 fully saturated rings. The van der Waals surface area contributed by atoms with Gasteiger partial charge >= 0.3 is 0 Å². The lowest BCUT2D eigenvalue weighted by Crippen LogP contribution is -2.64. The van der Waals surface area contributed by atoms with Crippen molar-refractivity contribution in [2.45, 2.75) is 31.2 Å². The molecule has 4 rings (SSSR count). The minimum atomic E-state index is -3.58. The summed E-state index contributed by atoms with van der Waals surface area (Å²) >= 11 is 0. The highest BCUT2D eigenvalue weighted by atomic mass is 32.2. The molecule has 2 aliphatic rings. The first-order valence-electron chi connectivity index (χ1n) is 10.2. The zero-order valence-corrected chi connectivity index (χ0v) is 18.0. The average Bonchev–Trinajstić information content (AvgIpc) is 3.44. The molecule has 1 saturated heterocycles. The van der Waals surface area contributed by atoms with Crippen molar-refractivity contribution in [2.75, 3.05) is 18.8 Å². The SMILES string of the molecule is CCS(=O)(=O)NC[C@@H]1[C@H](F)CN1C(=O)[C@@H]1C[C@@]1(F)c1ccccc1-c1c(F)cccc1F. The van der Waals surface area contributed by atoms with E-state index >= 15 is 4.39 Å². The van der Waals surface area contributed by atoms with Crippen LogP contribution in [0.2, 0.25) is 0 Å². The summed E-state index contributed by atoms with van der Waals surface area (Å²) in [6.07, 6.45) is -1.63. The van der Waals surface area contributed by atoms with Gasteiger partial charge in [0.2, 0.25) is 15.9 Å². The summed E-state index contributed by atoms with van der Waals surface area (Å²) in [5.41, 5.74) is -2.53. The summed E-state index contributed by atoms with van der Waals surface area (Å²) in [4.78, 5) is 14.0. The van der Waals surface area contributed by atoms with Gasteiger partial charge in [-0.3, -0.25) is 4.79 Å². The minimum absolute atomic E-state index is 0.0112. The predicted molar refractivity (Wildman–Crippen MR) is 111 cm³/mol. The van der Waals surface area contributed by atoms with E-state index < -0.39 is 51.4 Å². The maximum atomic E-state index is 15.8. The first-order chi connectivity index (χ1) is 15.1. The number of rotatable bonds is 7. The van der Waals surface area contributed by atoms with E-state index in [1.54, 1.807) is 0 Å². The third kappa shape index (κ3) is 3.90. The van der Waals surface area contributed by atoms with E-state index in [4.69, 9.17) is 0 Å². The Bertz CT molecular complexity index is 1140. The maximum absolute atomic E-state index is 15.8. The smallest absolute Gasteiger partial charge is 0.229 e. The molecule has 0 radical (unpaired) electrons. The second kappa shape index (κ2) is 8.15.